The second-order valence-corrected chi connectivity index (χ2v) is 4.94. The van der Waals surface area contributed by atoms with E-state index in [0.717, 1.165) is 4.88 Å². The van der Waals surface area contributed by atoms with E-state index >= 15 is 0 Å². The summed E-state index contributed by atoms with van der Waals surface area (Å²) in [4.78, 5) is 16.4. The van der Waals surface area contributed by atoms with Gasteiger partial charge in [-0.3, -0.25) is 0 Å². The average Bonchev–Trinajstić information content (AvgIpc) is 2.83. The van der Waals surface area contributed by atoms with Gasteiger partial charge in [-0.25, -0.2) is 9.78 Å². The van der Waals surface area contributed by atoms with Crippen LogP contribution in [0.5, 0.6) is 0 Å². The minimum Gasteiger partial charge on any atom is -0.476 e. The molecule has 0 bridgehead atoms. The van der Waals surface area contributed by atoms with Crippen LogP contribution in [0.3, 0.4) is 0 Å². The maximum Gasteiger partial charge on any atom is 0.355 e. The highest BCUT2D eigenvalue weighted by Crippen LogP contribution is 2.31. The van der Waals surface area contributed by atoms with Crippen LogP contribution >= 0.6 is 22.7 Å². The zero-order chi connectivity index (χ0) is 11.5. The number of rotatable bonds is 3. The van der Waals surface area contributed by atoms with Crippen LogP contribution in [-0.2, 0) is 6.42 Å². The van der Waals surface area contributed by atoms with Crippen molar-refractivity contribution in [2.75, 3.05) is 0 Å². The average molecular weight is 250 g/mol. The molecule has 2 rings (SSSR count). The van der Waals surface area contributed by atoms with E-state index in [2.05, 4.69) is 4.98 Å². The molecule has 80 valence electrons. The molecule has 1 N–H and O–H groups in total. The molecule has 4 nitrogen and oxygen atoms in total. The molecule has 2 aromatic heterocycles. The van der Waals surface area contributed by atoms with E-state index in [4.69, 9.17) is 10.4 Å². The molecule has 0 unspecified atom stereocenters. The summed E-state index contributed by atoms with van der Waals surface area (Å²) in [6.07, 6.45) is 0.0880. The molecule has 0 fully saturated rings. The number of aromatic nitrogens is 1. The van der Waals surface area contributed by atoms with Crippen molar-refractivity contribution in [1.82, 2.24) is 4.98 Å². The van der Waals surface area contributed by atoms with Gasteiger partial charge in [-0.2, -0.15) is 5.26 Å². The normalized spacial score (nSPS) is 9.94. The number of carbonyl (C=O) groups is 1. The van der Waals surface area contributed by atoms with E-state index in [1.54, 1.807) is 0 Å². The van der Waals surface area contributed by atoms with E-state index < -0.39 is 5.97 Å². The number of thiazole rings is 1. The van der Waals surface area contributed by atoms with Crippen molar-refractivity contribution in [1.29, 1.82) is 5.26 Å². The molecule has 0 atom stereocenters. The zero-order valence-corrected chi connectivity index (χ0v) is 9.64. The van der Waals surface area contributed by atoms with Crippen molar-refractivity contribution in [2.45, 2.75) is 6.42 Å². The van der Waals surface area contributed by atoms with Gasteiger partial charge >= 0.3 is 5.97 Å². The summed E-state index contributed by atoms with van der Waals surface area (Å²) in [5.41, 5.74) is -0.00468. The van der Waals surface area contributed by atoms with E-state index in [9.17, 15) is 4.79 Å². The van der Waals surface area contributed by atoms with Crippen LogP contribution in [0.4, 0.5) is 0 Å². The number of aromatic carboxylic acids is 1. The minimum absolute atomic E-state index is 0.00468. The summed E-state index contributed by atoms with van der Waals surface area (Å²) >= 11 is 2.77. The van der Waals surface area contributed by atoms with Crippen molar-refractivity contribution >= 4 is 28.6 Å². The molecule has 0 saturated heterocycles. The lowest BCUT2D eigenvalue weighted by atomic mass is 10.3. The first-order valence-electron chi connectivity index (χ1n) is 4.36. The maximum absolute atomic E-state index is 10.9. The molecule has 0 saturated carbocycles. The Labute approximate surface area is 99.4 Å². The predicted octanol–water partition coefficient (Wildman–Crippen LogP) is 2.64. The Morgan fingerprint density at radius 2 is 2.44 bits per heavy atom. The first-order chi connectivity index (χ1) is 7.72. The topological polar surface area (TPSA) is 74.0 Å². The fraction of sp³-hybridized carbons (Fsp3) is 0.100. The number of thiophene rings is 1. The molecule has 0 spiro atoms. The van der Waals surface area contributed by atoms with Gasteiger partial charge in [0.05, 0.1) is 22.2 Å². The van der Waals surface area contributed by atoms with Crippen LogP contribution in [0.15, 0.2) is 17.5 Å². The lowest BCUT2D eigenvalue weighted by molar-refractivity contribution is 0.0690. The SMILES string of the molecule is N#CCc1sc(-c2cccs2)nc1C(=O)O. The van der Waals surface area contributed by atoms with E-state index in [-0.39, 0.29) is 12.1 Å². The van der Waals surface area contributed by atoms with Gasteiger partial charge in [-0.15, -0.1) is 22.7 Å². The Morgan fingerprint density at radius 3 is 3.00 bits per heavy atom. The van der Waals surface area contributed by atoms with Gasteiger partial charge in [-0.05, 0) is 11.4 Å². The Bertz CT molecular complexity index is 552. The number of nitrogens with zero attached hydrogens (tertiary/aromatic N) is 2. The van der Waals surface area contributed by atoms with Crippen LogP contribution in [0.2, 0.25) is 0 Å². The molecule has 6 heteroatoms. The highest BCUT2D eigenvalue weighted by molar-refractivity contribution is 7.21. The monoisotopic (exact) mass is 250 g/mol. The third-order valence-electron chi connectivity index (χ3n) is 1.87. The molecule has 16 heavy (non-hydrogen) atoms. The van der Waals surface area contributed by atoms with Gasteiger partial charge in [0.2, 0.25) is 0 Å². The van der Waals surface area contributed by atoms with Crippen molar-refractivity contribution < 1.29 is 9.90 Å². The molecule has 0 radical (unpaired) electrons. The second kappa shape index (κ2) is 4.43. The molecular weight excluding hydrogens is 244 g/mol. The summed E-state index contributed by atoms with van der Waals surface area (Å²) in [5.74, 6) is -1.08. The molecule has 0 aliphatic carbocycles. The quantitative estimate of drug-likeness (QED) is 0.908. The number of hydrogen-bond acceptors (Lipinski definition) is 5. The summed E-state index contributed by atoms with van der Waals surface area (Å²) < 4.78 is 0. The molecule has 0 aromatic carbocycles. The fourth-order valence-corrected chi connectivity index (χ4v) is 3.00. The first-order valence-corrected chi connectivity index (χ1v) is 6.06. The Morgan fingerprint density at radius 1 is 1.62 bits per heavy atom. The molecular formula is C10H6N2O2S2. The summed E-state index contributed by atoms with van der Waals surface area (Å²) in [5, 5.41) is 20.1. The first kappa shape index (κ1) is 10.8. The van der Waals surface area contributed by atoms with Gasteiger partial charge in [0.1, 0.15) is 5.01 Å². The third kappa shape index (κ3) is 1.96. The van der Waals surface area contributed by atoms with Crippen LogP contribution < -0.4 is 0 Å². The fourth-order valence-electron chi connectivity index (χ4n) is 1.22. The van der Waals surface area contributed by atoms with Crippen LogP contribution in [0.25, 0.3) is 9.88 Å². The predicted molar refractivity (Wildman–Crippen MR) is 61.7 cm³/mol. The largest absolute Gasteiger partial charge is 0.476 e. The zero-order valence-electron chi connectivity index (χ0n) is 8.01. The molecule has 2 heterocycles. The lowest BCUT2D eigenvalue weighted by Crippen LogP contribution is -2.00. The maximum atomic E-state index is 10.9. The highest BCUT2D eigenvalue weighted by atomic mass is 32.1. The minimum atomic E-state index is -1.08. The summed E-state index contributed by atoms with van der Waals surface area (Å²) in [7, 11) is 0. The van der Waals surface area contributed by atoms with Crippen molar-refractivity contribution in [2.24, 2.45) is 0 Å². The number of nitriles is 1. The van der Waals surface area contributed by atoms with Crippen molar-refractivity contribution in [3.05, 3.63) is 28.1 Å². The standard InChI is InChI=1S/C10H6N2O2S2/c11-4-3-6-8(10(13)14)12-9(16-6)7-2-1-5-15-7/h1-2,5H,3H2,(H,13,14). The van der Waals surface area contributed by atoms with Gasteiger partial charge in [0.25, 0.3) is 0 Å². The Hall–Kier alpha value is -1.71. The van der Waals surface area contributed by atoms with E-state index in [1.807, 2.05) is 23.6 Å². The smallest absolute Gasteiger partial charge is 0.355 e. The highest BCUT2D eigenvalue weighted by Gasteiger charge is 2.18. The number of hydrogen-bond donors (Lipinski definition) is 1. The lowest BCUT2D eigenvalue weighted by Gasteiger charge is -1.88. The van der Waals surface area contributed by atoms with Gasteiger partial charge in [0, 0.05) is 0 Å². The molecule has 0 amide bonds. The Balaban J connectivity index is 2.47. The molecule has 0 aliphatic heterocycles. The molecule has 2 aromatic rings. The van der Waals surface area contributed by atoms with Crippen LogP contribution in [0, 0.1) is 11.3 Å². The van der Waals surface area contributed by atoms with Gasteiger partial charge in [0.15, 0.2) is 5.69 Å². The number of carboxylic acids is 1. The van der Waals surface area contributed by atoms with E-state index in [1.165, 1.54) is 22.7 Å². The van der Waals surface area contributed by atoms with E-state index in [0.29, 0.717) is 9.88 Å². The second-order valence-electron chi connectivity index (χ2n) is 2.91. The van der Waals surface area contributed by atoms with Gasteiger partial charge < -0.3 is 5.11 Å². The Kier molecular flexibility index (Phi) is 2.99. The number of carboxylic acid groups (broad SMARTS) is 1. The molecule has 0 aliphatic rings. The van der Waals surface area contributed by atoms with Gasteiger partial charge in [-0.1, -0.05) is 6.07 Å². The summed E-state index contributed by atoms with van der Waals surface area (Å²) in [6, 6.07) is 5.71. The van der Waals surface area contributed by atoms with Crippen LogP contribution in [-0.4, -0.2) is 16.1 Å². The van der Waals surface area contributed by atoms with Crippen LogP contribution in [0.1, 0.15) is 15.4 Å². The third-order valence-corrected chi connectivity index (χ3v) is 3.97. The van der Waals surface area contributed by atoms with Crippen molar-refractivity contribution in [3.63, 3.8) is 0 Å². The summed E-state index contributed by atoms with van der Waals surface area (Å²) in [6.45, 7) is 0. The van der Waals surface area contributed by atoms with Crippen molar-refractivity contribution in [3.8, 4) is 16.0 Å².